The summed E-state index contributed by atoms with van der Waals surface area (Å²) in [6, 6.07) is 24.0. The maximum atomic E-state index is 12.9. The number of rotatable bonds is 5. The van der Waals surface area contributed by atoms with Crippen molar-refractivity contribution in [2.24, 2.45) is 0 Å². The van der Waals surface area contributed by atoms with Crippen LogP contribution in [0.4, 0.5) is 5.82 Å². The zero-order valence-electron chi connectivity index (χ0n) is 17.3. The minimum Gasteiger partial charge on any atom is -0.496 e. The van der Waals surface area contributed by atoms with Crippen molar-refractivity contribution in [3.63, 3.8) is 0 Å². The first-order valence-corrected chi connectivity index (χ1v) is 10.1. The molecule has 3 aromatic carbocycles. The van der Waals surface area contributed by atoms with Crippen LogP contribution in [-0.2, 0) is 11.3 Å². The predicted molar refractivity (Wildman–Crippen MR) is 125 cm³/mol. The zero-order valence-corrected chi connectivity index (χ0v) is 17.3. The molecule has 0 unspecified atom stereocenters. The summed E-state index contributed by atoms with van der Waals surface area (Å²) in [4.78, 5) is 25.8. The van der Waals surface area contributed by atoms with Crippen LogP contribution in [0.15, 0.2) is 83.7 Å². The Morgan fingerprint density at radius 3 is 2.28 bits per heavy atom. The number of amides is 1. The molecule has 0 aliphatic carbocycles. The third-order valence-corrected chi connectivity index (χ3v) is 5.42. The van der Waals surface area contributed by atoms with Gasteiger partial charge in [0.25, 0.3) is 0 Å². The van der Waals surface area contributed by atoms with Crippen molar-refractivity contribution in [1.82, 2.24) is 14.8 Å². The quantitative estimate of drug-likeness (QED) is 0.414. The van der Waals surface area contributed by atoms with Crippen LogP contribution < -0.4 is 15.5 Å². The van der Waals surface area contributed by atoms with E-state index in [1.54, 1.807) is 25.3 Å². The summed E-state index contributed by atoms with van der Waals surface area (Å²) >= 11 is 0. The molecule has 0 bridgehead atoms. The second-order valence-electron chi connectivity index (χ2n) is 7.36. The minimum absolute atomic E-state index is 0.0398. The molecule has 5 rings (SSSR count). The van der Waals surface area contributed by atoms with Crippen molar-refractivity contribution in [2.75, 3.05) is 12.4 Å². The molecule has 5 aromatic rings. The van der Waals surface area contributed by atoms with Crippen LogP contribution in [-0.4, -0.2) is 27.8 Å². The molecule has 0 aliphatic rings. The molecule has 0 fully saturated rings. The molecule has 2 aromatic heterocycles. The smallest absolute Gasteiger partial charge is 0.245 e. The van der Waals surface area contributed by atoms with E-state index < -0.39 is 0 Å². The fourth-order valence-electron chi connectivity index (χ4n) is 3.96. The molecular formula is C25H20N4O3. The summed E-state index contributed by atoms with van der Waals surface area (Å²) in [5.74, 6) is 0.868. The molecule has 7 heteroatoms. The van der Waals surface area contributed by atoms with Gasteiger partial charge in [0.2, 0.25) is 5.91 Å². The highest BCUT2D eigenvalue weighted by Crippen LogP contribution is 2.29. The standard InChI is InChI=1S/C25H20N4O3/c1-32-22-13-7-4-8-16(22)19-14-23(28-27-19)26-24(30)15-29-20-11-5-2-9-17(20)25(31)18-10-3-6-12-21(18)29/h2-14H,15H2,1H3,(H2,26,27,28,30). The summed E-state index contributed by atoms with van der Waals surface area (Å²) in [5, 5.41) is 11.2. The molecule has 0 atom stereocenters. The van der Waals surface area contributed by atoms with E-state index in [1.807, 2.05) is 65.2 Å². The Hall–Kier alpha value is -4.39. The lowest BCUT2D eigenvalue weighted by Gasteiger charge is -2.14. The third-order valence-electron chi connectivity index (χ3n) is 5.42. The van der Waals surface area contributed by atoms with Crippen LogP contribution in [0.2, 0.25) is 0 Å². The number of hydrogen-bond donors (Lipinski definition) is 2. The molecule has 32 heavy (non-hydrogen) atoms. The van der Waals surface area contributed by atoms with E-state index in [9.17, 15) is 9.59 Å². The van der Waals surface area contributed by atoms with Gasteiger partial charge in [-0.25, -0.2) is 0 Å². The lowest BCUT2D eigenvalue weighted by Crippen LogP contribution is -2.21. The number of hydrogen-bond acceptors (Lipinski definition) is 4. The fourth-order valence-corrected chi connectivity index (χ4v) is 3.96. The Labute approximate surface area is 183 Å². The van der Waals surface area contributed by atoms with Crippen LogP contribution in [0, 0.1) is 0 Å². The molecule has 2 heterocycles. The first kappa shape index (κ1) is 19.6. The molecule has 0 aliphatic heterocycles. The molecular weight excluding hydrogens is 404 g/mol. The molecule has 2 N–H and O–H groups in total. The van der Waals surface area contributed by atoms with Crippen LogP contribution in [0.5, 0.6) is 5.75 Å². The second-order valence-corrected chi connectivity index (χ2v) is 7.36. The first-order valence-electron chi connectivity index (χ1n) is 10.1. The SMILES string of the molecule is COc1ccccc1-c1cc(NC(=O)Cn2c3ccccc3c(=O)c3ccccc32)n[nH]1. The number of aromatic nitrogens is 3. The summed E-state index contributed by atoms with van der Waals surface area (Å²) in [5.41, 5.74) is 2.96. The van der Waals surface area contributed by atoms with Crippen molar-refractivity contribution in [3.05, 3.63) is 89.1 Å². The van der Waals surface area contributed by atoms with Gasteiger partial charge in [0.1, 0.15) is 12.3 Å². The van der Waals surface area contributed by atoms with Crippen molar-refractivity contribution >= 4 is 33.5 Å². The number of anilines is 1. The lowest BCUT2D eigenvalue weighted by atomic mass is 10.1. The van der Waals surface area contributed by atoms with Gasteiger partial charge in [0, 0.05) is 22.4 Å². The number of carbonyl (C=O) groups is 1. The Morgan fingerprint density at radius 1 is 0.969 bits per heavy atom. The fraction of sp³-hybridized carbons (Fsp3) is 0.0800. The molecule has 0 spiro atoms. The van der Waals surface area contributed by atoms with E-state index in [0.717, 1.165) is 11.3 Å². The maximum absolute atomic E-state index is 12.9. The number of carbonyl (C=O) groups excluding carboxylic acids is 1. The summed E-state index contributed by atoms with van der Waals surface area (Å²) in [6.07, 6.45) is 0. The number of nitrogens with one attached hydrogen (secondary N) is 2. The highest BCUT2D eigenvalue weighted by Gasteiger charge is 2.14. The van der Waals surface area contributed by atoms with Gasteiger partial charge >= 0.3 is 0 Å². The summed E-state index contributed by atoms with van der Waals surface area (Å²) in [6.45, 7) is 0.0398. The van der Waals surface area contributed by atoms with Gasteiger partial charge in [-0.2, -0.15) is 5.10 Å². The normalized spacial score (nSPS) is 11.0. The van der Waals surface area contributed by atoms with Gasteiger partial charge in [-0.3, -0.25) is 14.7 Å². The van der Waals surface area contributed by atoms with E-state index in [4.69, 9.17) is 4.74 Å². The number of pyridine rings is 1. The lowest BCUT2D eigenvalue weighted by molar-refractivity contribution is -0.116. The van der Waals surface area contributed by atoms with Gasteiger partial charge in [0.05, 0.1) is 23.8 Å². The molecule has 0 radical (unpaired) electrons. The maximum Gasteiger partial charge on any atom is 0.245 e. The van der Waals surface area contributed by atoms with Gasteiger partial charge in [-0.15, -0.1) is 0 Å². The van der Waals surface area contributed by atoms with Crippen molar-refractivity contribution in [2.45, 2.75) is 6.54 Å². The number of aromatic amines is 1. The topological polar surface area (TPSA) is 89.0 Å². The van der Waals surface area contributed by atoms with Crippen LogP contribution in [0.1, 0.15) is 0 Å². The molecule has 158 valence electrons. The van der Waals surface area contributed by atoms with Gasteiger partial charge in [-0.05, 0) is 36.4 Å². The number of ether oxygens (including phenoxy) is 1. The zero-order chi connectivity index (χ0) is 22.1. The van der Waals surface area contributed by atoms with Gasteiger partial charge < -0.3 is 14.6 Å². The number of nitrogens with zero attached hydrogens (tertiary/aromatic N) is 2. The van der Waals surface area contributed by atoms with E-state index in [2.05, 4.69) is 15.5 Å². The second kappa shape index (κ2) is 8.03. The number of methoxy groups -OCH3 is 1. The predicted octanol–water partition coefficient (Wildman–Crippen LogP) is 4.19. The Balaban J connectivity index is 1.47. The molecule has 0 saturated heterocycles. The van der Waals surface area contributed by atoms with Crippen molar-refractivity contribution in [1.29, 1.82) is 0 Å². The average molecular weight is 424 g/mol. The van der Waals surface area contributed by atoms with Crippen molar-refractivity contribution < 1.29 is 9.53 Å². The number of para-hydroxylation sites is 3. The summed E-state index contributed by atoms with van der Waals surface area (Å²) in [7, 11) is 1.61. The molecule has 7 nitrogen and oxygen atoms in total. The van der Waals surface area contributed by atoms with Crippen molar-refractivity contribution in [3.8, 4) is 17.0 Å². The van der Waals surface area contributed by atoms with Crippen LogP contribution in [0.3, 0.4) is 0 Å². The first-order chi connectivity index (χ1) is 15.7. The summed E-state index contributed by atoms with van der Waals surface area (Å²) < 4.78 is 7.25. The number of benzene rings is 3. The van der Waals surface area contributed by atoms with E-state index in [0.29, 0.717) is 33.4 Å². The highest BCUT2D eigenvalue weighted by molar-refractivity contribution is 5.97. The Morgan fingerprint density at radius 2 is 1.59 bits per heavy atom. The number of fused-ring (bicyclic) bond motifs is 2. The Kier molecular flexibility index (Phi) is 4.91. The molecule has 0 saturated carbocycles. The number of H-pyrrole nitrogens is 1. The van der Waals surface area contributed by atoms with Gasteiger partial charge in [-0.1, -0.05) is 36.4 Å². The molecule has 1 amide bonds. The Bertz CT molecular complexity index is 1460. The van der Waals surface area contributed by atoms with Gasteiger partial charge in [0.15, 0.2) is 11.2 Å². The largest absolute Gasteiger partial charge is 0.496 e. The van der Waals surface area contributed by atoms with E-state index in [-0.39, 0.29) is 17.9 Å². The monoisotopic (exact) mass is 424 g/mol. The third kappa shape index (κ3) is 3.39. The highest BCUT2D eigenvalue weighted by atomic mass is 16.5. The minimum atomic E-state index is -0.248. The van der Waals surface area contributed by atoms with Crippen LogP contribution >= 0.6 is 0 Å². The average Bonchev–Trinajstić information content (AvgIpc) is 3.30. The van der Waals surface area contributed by atoms with E-state index in [1.165, 1.54) is 0 Å². The van der Waals surface area contributed by atoms with E-state index >= 15 is 0 Å². The van der Waals surface area contributed by atoms with Crippen LogP contribution in [0.25, 0.3) is 33.1 Å².